The molecule has 0 saturated heterocycles. The number of fused-ring (bicyclic) bond motifs is 1. The van der Waals surface area contributed by atoms with Crippen molar-refractivity contribution in [2.45, 2.75) is 46.6 Å². The Morgan fingerprint density at radius 1 is 1.28 bits per heavy atom. The number of carbonyl (C=O) groups excluding carboxylic acids is 1. The highest BCUT2D eigenvalue weighted by Crippen LogP contribution is 2.31. The van der Waals surface area contributed by atoms with Crippen LogP contribution in [0.4, 0.5) is 4.79 Å². The lowest BCUT2D eigenvalue weighted by atomic mass is 9.95. The summed E-state index contributed by atoms with van der Waals surface area (Å²) >= 11 is 0. The number of aromatic nitrogens is 3. The summed E-state index contributed by atoms with van der Waals surface area (Å²) in [6.45, 7) is 10.1. The normalized spacial score (nSPS) is 13.4. The summed E-state index contributed by atoms with van der Waals surface area (Å²) < 4.78 is 11.4. The molecule has 0 aliphatic heterocycles. The molecule has 1 amide bonds. The maximum atomic E-state index is 11.3. The van der Waals surface area contributed by atoms with Crippen LogP contribution in [0, 0.1) is 19.8 Å². The van der Waals surface area contributed by atoms with E-state index in [-0.39, 0.29) is 6.61 Å². The molecule has 3 rings (SSSR count). The fraction of sp³-hybridized carbons (Fsp3) is 0.409. The molecule has 0 aliphatic rings. The van der Waals surface area contributed by atoms with E-state index in [1.54, 1.807) is 6.20 Å². The van der Waals surface area contributed by atoms with Crippen molar-refractivity contribution in [2.75, 3.05) is 6.61 Å². The summed E-state index contributed by atoms with van der Waals surface area (Å²) in [5.74, 6) is 1.90. The molecule has 0 fully saturated rings. The first-order valence-corrected chi connectivity index (χ1v) is 9.70. The number of H-pyrrole nitrogens is 1. The van der Waals surface area contributed by atoms with Gasteiger partial charge in [-0.1, -0.05) is 19.9 Å². The van der Waals surface area contributed by atoms with E-state index < -0.39 is 11.7 Å². The molecule has 29 heavy (non-hydrogen) atoms. The number of pyridine rings is 1. The molecular formula is C22H28N4O3. The molecule has 0 radical (unpaired) electrons. The zero-order chi connectivity index (χ0) is 21.2. The average Bonchev–Trinajstić information content (AvgIpc) is 2.99. The number of carbonyl (C=O) groups is 1. The quantitative estimate of drug-likeness (QED) is 0.611. The number of nitrogens with two attached hydrogens (primary N) is 1. The highest BCUT2D eigenvalue weighted by Gasteiger charge is 2.30. The van der Waals surface area contributed by atoms with Crippen LogP contribution in [0.25, 0.3) is 22.3 Å². The van der Waals surface area contributed by atoms with Crippen molar-refractivity contribution in [1.82, 2.24) is 15.0 Å². The Bertz CT molecular complexity index is 1030. The topological polar surface area (TPSA) is 103 Å². The third-order valence-corrected chi connectivity index (χ3v) is 4.71. The molecule has 1 aromatic carbocycles. The number of rotatable bonds is 7. The summed E-state index contributed by atoms with van der Waals surface area (Å²) in [5, 5.41) is 0. The average molecular weight is 396 g/mol. The third-order valence-electron chi connectivity index (χ3n) is 4.71. The number of benzene rings is 1. The Hall–Kier alpha value is -3.09. The maximum absolute atomic E-state index is 11.3. The lowest BCUT2D eigenvalue weighted by Crippen LogP contribution is -2.41. The van der Waals surface area contributed by atoms with E-state index in [2.05, 4.69) is 34.9 Å². The van der Waals surface area contributed by atoms with Crippen molar-refractivity contribution >= 4 is 17.3 Å². The van der Waals surface area contributed by atoms with Crippen molar-refractivity contribution in [2.24, 2.45) is 11.7 Å². The van der Waals surface area contributed by atoms with E-state index in [0.717, 1.165) is 39.4 Å². The fourth-order valence-corrected chi connectivity index (χ4v) is 3.70. The second-order valence-electron chi connectivity index (χ2n) is 8.12. The number of amides is 1. The zero-order valence-electron chi connectivity index (χ0n) is 17.6. The van der Waals surface area contributed by atoms with Crippen molar-refractivity contribution in [1.29, 1.82) is 0 Å². The minimum atomic E-state index is -0.792. The largest absolute Gasteiger partial charge is 0.489 e. The number of imidazole rings is 1. The maximum Gasteiger partial charge on any atom is 0.405 e. The Labute approximate surface area is 170 Å². The molecule has 0 bridgehead atoms. The molecule has 0 unspecified atom stereocenters. The number of hydrogen-bond donors (Lipinski definition) is 2. The van der Waals surface area contributed by atoms with Gasteiger partial charge in [-0.25, -0.2) is 14.8 Å². The van der Waals surface area contributed by atoms with E-state index in [4.69, 9.17) is 15.2 Å². The van der Waals surface area contributed by atoms with E-state index in [0.29, 0.717) is 12.3 Å². The van der Waals surface area contributed by atoms with Crippen LogP contribution in [0.15, 0.2) is 30.5 Å². The van der Waals surface area contributed by atoms with Crippen molar-refractivity contribution in [3.8, 4) is 16.9 Å². The lowest BCUT2D eigenvalue weighted by molar-refractivity contribution is -0.0187. The van der Waals surface area contributed by atoms with Gasteiger partial charge in [-0.05, 0) is 62.4 Å². The van der Waals surface area contributed by atoms with Gasteiger partial charge in [-0.15, -0.1) is 0 Å². The summed E-state index contributed by atoms with van der Waals surface area (Å²) in [5.41, 5.74) is 9.11. The van der Waals surface area contributed by atoms with Crippen LogP contribution in [0.5, 0.6) is 5.75 Å². The lowest BCUT2D eigenvalue weighted by Gasteiger charge is -2.30. The van der Waals surface area contributed by atoms with Gasteiger partial charge in [0.2, 0.25) is 0 Å². The van der Waals surface area contributed by atoms with Gasteiger partial charge in [0.25, 0.3) is 0 Å². The molecule has 3 N–H and O–H groups in total. The van der Waals surface area contributed by atoms with Crippen LogP contribution in [0.3, 0.4) is 0 Å². The zero-order valence-corrected chi connectivity index (χ0v) is 17.6. The molecular weight excluding hydrogens is 368 g/mol. The molecule has 154 valence electrons. The van der Waals surface area contributed by atoms with Crippen molar-refractivity contribution in [3.63, 3.8) is 0 Å². The summed E-state index contributed by atoms with van der Waals surface area (Å²) in [4.78, 5) is 23.4. The molecule has 2 aromatic heterocycles. The van der Waals surface area contributed by atoms with Crippen LogP contribution in [-0.2, 0) is 4.74 Å². The van der Waals surface area contributed by atoms with Gasteiger partial charge in [0.1, 0.15) is 29.3 Å². The minimum Gasteiger partial charge on any atom is -0.489 e. The van der Waals surface area contributed by atoms with Gasteiger partial charge in [0, 0.05) is 11.8 Å². The molecule has 7 nitrogen and oxygen atoms in total. The Kier molecular flexibility index (Phi) is 5.77. The van der Waals surface area contributed by atoms with Crippen LogP contribution in [0.2, 0.25) is 0 Å². The van der Waals surface area contributed by atoms with Gasteiger partial charge < -0.3 is 20.2 Å². The first-order chi connectivity index (χ1) is 13.7. The Balaban J connectivity index is 1.83. The number of nitrogens with one attached hydrogen (secondary N) is 1. The van der Waals surface area contributed by atoms with Crippen LogP contribution >= 0.6 is 0 Å². The van der Waals surface area contributed by atoms with E-state index in [1.807, 2.05) is 39.0 Å². The van der Waals surface area contributed by atoms with Crippen molar-refractivity contribution in [3.05, 3.63) is 41.9 Å². The minimum absolute atomic E-state index is 0.229. The SMILES string of the molecule is Cc1nc2c(-c3ccc(OC[C@](C)(CC(C)C)OC(N)=O)c(C)c3)ccnc2[nH]1. The van der Waals surface area contributed by atoms with E-state index in [1.165, 1.54) is 0 Å². The number of aryl methyl sites for hydroxylation is 2. The highest BCUT2D eigenvalue weighted by molar-refractivity contribution is 5.89. The van der Waals surface area contributed by atoms with E-state index in [9.17, 15) is 4.79 Å². The molecule has 1 atom stereocenters. The molecule has 0 spiro atoms. The monoisotopic (exact) mass is 396 g/mol. The summed E-state index contributed by atoms with van der Waals surface area (Å²) in [6, 6.07) is 7.94. The number of aromatic amines is 1. The highest BCUT2D eigenvalue weighted by atomic mass is 16.6. The predicted molar refractivity (Wildman–Crippen MR) is 113 cm³/mol. The van der Waals surface area contributed by atoms with Crippen LogP contribution < -0.4 is 10.5 Å². The van der Waals surface area contributed by atoms with Crippen molar-refractivity contribution < 1.29 is 14.3 Å². The predicted octanol–water partition coefficient (Wildman–Crippen LogP) is 4.52. The fourth-order valence-electron chi connectivity index (χ4n) is 3.70. The van der Waals surface area contributed by atoms with E-state index >= 15 is 0 Å². The van der Waals surface area contributed by atoms with Crippen LogP contribution in [0.1, 0.15) is 38.6 Å². The summed E-state index contributed by atoms with van der Waals surface area (Å²) in [7, 11) is 0. The van der Waals surface area contributed by atoms with Gasteiger partial charge in [0.15, 0.2) is 5.65 Å². The molecule has 3 aromatic rings. The number of nitrogens with zero attached hydrogens (tertiary/aromatic N) is 2. The Morgan fingerprint density at radius 2 is 2.03 bits per heavy atom. The standard InChI is InChI=1S/C22H28N4O3/c1-13(2)11-22(5,29-21(23)27)12-28-18-7-6-16(10-14(18)3)17-8-9-24-20-19(17)25-15(4)26-20/h6-10,13H,11-12H2,1-5H3,(H2,23,27)(H,24,25,26)/t22-/m0/s1. The van der Waals surface area contributed by atoms with Gasteiger partial charge in [-0.2, -0.15) is 0 Å². The first-order valence-electron chi connectivity index (χ1n) is 9.70. The molecule has 7 heteroatoms. The van der Waals surface area contributed by atoms with Gasteiger partial charge in [0.05, 0.1) is 0 Å². The second kappa shape index (κ2) is 8.11. The number of hydrogen-bond acceptors (Lipinski definition) is 5. The molecule has 0 saturated carbocycles. The van der Waals surface area contributed by atoms with Gasteiger partial charge in [-0.3, -0.25) is 0 Å². The first kappa shape index (κ1) is 20.6. The number of primary amides is 1. The molecule has 2 heterocycles. The second-order valence-corrected chi connectivity index (χ2v) is 8.12. The smallest absolute Gasteiger partial charge is 0.405 e. The molecule has 0 aliphatic carbocycles. The number of ether oxygens (including phenoxy) is 2. The van der Waals surface area contributed by atoms with Crippen LogP contribution in [-0.4, -0.2) is 33.3 Å². The third kappa shape index (κ3) is 4.85. The van der Waals surface area contributed by atoms with Gasteiger partial charge >= 0.3 is 6.09 Å². The Morgan fingerprint density at radius 3 is 2.69 bits per heavy atom. The summed E-state index contributed by atoms with van der Waals surface area (Å²) in [6.07, 6.45) is 1.63.